The third kappa shape index (κ3) is 12.3. The average molecular weight is 568 g/mol. The van der Waals surface area contributed by atoms with Crippen LogP contribution in [-0.4, -0.2) is 24.8 Å². The van der Waals surface area contributed by atoms with E-state index in [4.69, 9.17) is 5.73 Å². The van der Waals surface area contributed by atoms with Crippen LogP contribution in [0.3, 0.4) is 0 Å². The number of rotatable bonds is 23. The Labute approximate surface area is 251 Å². The number of unbranched alkanes of at least 4 members (excludes halogenated alkanes) is 6. The van der Waals surface area contributed by atoms with Crippen LogP contribution < -0.4 is 16.4 Å². The summed E-state index contributed by atoms with van der Waals surface area (Å²) in [7, 11) is 0. The van der Waals surface area contributed by atoms with Crippen LogP contribution in [0.5, 0.6) is 0 Å². The van der Waals surface area contributed by atoms with E-state index in [0.717, 1.165) is 74.8 Å². The molecule has 41 heavy (non-hydrogen) atoms. The molecule has 1 atom stereocenters. The van der Waals surface area contributed by atoms with Crippen LogP contribution in [-0.2, 0) is 11.2 Å². The fraction of sp³-hybridized carbons (Fsp3) is 0.722. The molecule has 232 valence electrons. The molecule has 0 aromatic heterocycles. The molecular formula is C36H61N3O2. The van der Waals surface area contributed by atoms with Crippen molar-refractivity contribution < 1.29 is 9.59 Å². The maximum atomic E-state index is 12.4. The minimum atomic E-state index is 0.129. The summed E-state index contributed by atoms with van der Waals surface area (Å²) in [6.07, 6.45) is 21.4. The zero-order valence-electron chi connectivity index (χ0n) is 27.0. The summed E-state index contributed by atoms with van der Waals surface area (Å²) in [6, 6.07) is 6.03. The van der Waals surface area contributed by atoms with Crippen LogP contribution in [0.25, 0.3) is 0 Å². The van der Waals surface area contributed by atoms with E-state index in [1.54, 1.807) is 6.92 Å². The molecule has 2 rings (SSSR count). The average Bonchev–Trinajstić information content (AvgIpc) is 2.93. The number of anilines is 1. The van der Waals surface area contributed by atoms with E-state index in [9.17, 15) is 9.59 Å². The minimum absolute atomic E-state index is 0.129. The molecule has 5 heteroatoms. The van der Waals surface area contributed by atoms with E-state index in [-0.39, 0.29) is 11.7 Å². The van der Waals surface area contributed by atoms with Gasteiger partial charge in [-0.25, -0.2) is 0 Å². The van der Waals surface area contributed by atoms with E-state index in [0.29, 0.717) is 11.8 Å². The SMILES string of the molecule is CCCCCC(CN)(CCC)CCCCCC(=O)NCCCCCC(Nc1cccc(C(C)=O)c1CC)=C1CCC1. The van der Waals surface area contributed by atoms with E-state index < -0.39 is 0 Å². The summed E-state index contributed by atoms with van der Waals surface area (Å²) in [5, 5.41) is 6.86. The summed E-state index contributed by atoms with van der Waals surface area (Å²) in [5.74, 6) is 0.326. The largest absolute Gasteiger partial charge is 0.359 e. The van der Waals surface area contributed by atoms with Crippen LogP contribution in [0, 0.1) is 5.41 Å². The van der Waals surface area contributed by atoms with E-state index in [2.05, 4.69) is 37.5 Å². The lowest BCUT2D eigenvalue weighted by molar-refractivity contribution is -0.121. The van der Waals surface area contributed by atoms with Gasteiger partial charge in [-0.05, 0) is 101 Å². The Balaban J connectivity index is 1.66. The van der Waals surface area contributed by atoms with Gasteiger partial charge in [0.1, 0.15) is 0 Å². The molecule has 0 saturated heterocycles. The number of amides is 1. The fourth-order valence-electron chi connectivity index (χ4n) is 6.40. The molecule has 5 nitrogen and oxygen atoms in total. The van der Waals surface area contributed by atoms with Crippen LogP contribution in [0.2, 0.25) is 0 Å². The molecule has 1 amide bonds. The van der Waals surface area contributed by atoms with Crippen molar-refractivity contribution in [2.45, 2.75) is 150 Å². The van der Waals surface area contributed by atoms with Gasteiger partial charge in [-0.2, -0.15) is 0 Å². The quantitative estimate of drug-likeness (QED) is 0.0909. The highest BCUT2D eigenvalue weighted by molar-refractivity contribution is 5.97. The van der Waals surface area contributed by atoms with Crippen LogP contribution >= 0.6 is 0 Å². The van der Waals surface area contributed by atoms with Crippen molar-refractivity contribution in [2.24, 2.45) is 11.1 Å². The van der Waals surface area contributed by atoms with Gasteiger partial charge in [0.05, 0.1) is 0 Å². The second kappa shape index (κ2) is 19.9. The van der Waals surface area contributed by atoms with Gasteiger partial charge in [0.15, 0.2) is 5.78 Å². The molecule has 1 aliphatic rings. The summed E-state index contributed by atoms with van der Waals surface area (Å²) < 4.78 is 0. The Kier molecular flexibility index (Phi) is 17.0. The first-order valence-corrected chi connectivity index (χ1v) is 17.0. The zero-order chi connectivity index (χ0) is 29.9. The van der Waals surface area contributed by atoms with Gasteiger partial charge >= 0.3 is 0 Å². The smallest absolute Gasteiger partial charge is 0.219 e. The Morgan fingerprint density at radius 2 is 1.56 bits per heavy atom. The highest BCUT2D eigenvalue weighted by Gasteiger charge is 2.26. The van der Waals surface area contributed by atoms with Crippen molar-refractivity contribution in [3.8, 4) is 0 Å². The van der Waals surface area contributed by atoms with Crippen molar-refractivity contribution in [3.05, 3.63) is 40.6 Å². The maximum Gasteiger partial charge on any atom is 0.219 e. The van der Waals surface area contributed by atoms with Gasteiger partial charge in [0.25, 0.3) is 0 Å². The summed E-state index contributed by atoms with van der Waals surface area (Å²) in [6.45, 7) is 9.87. The molecule has 1 unspecified atom stereocenters. The number of nitrogens with one attached hydrogen (secondary N) is 2. The minimum Gasteiger partial charge on any atom is -0.359 e. The lowest BCUT2D eigenvalue weighted by Crippen LogP contribution is -2.30. The standard InChI is InChI=1S/C36H61N3O2/c1-5-8-13-25-36(28-37,24-6-2)26-14-9-12-23-35(41)38-27-15-10-11-21-33(30-18-16-19-30)39-34-22-17-20-32(29(4)40)31(34)7-3/h17,20,22,39H,5-16,18-19,21,23-28,37H2,1-4H3,(H,38,41). The number of hydrogen-bond donors (Lipinski definition) is 3. The van der Waals surface area contributed by atoms with Gasteiger partial charge in [-0.15, -0.1) is 0 Å². The van der Waals surface area contributed by atoms with E-state index in [1.165, 1.54) is 81.9 Å². The molecule has 0 spiro atoms. The molecule has 1 aliphatic carbocycles. The van der Waals surface area contributed by atoms with Crippen molar-refractivity contribution in [1.82, 2.24) is 5.32 Å². The van der Waals surface area contributed by atoms with Gasteiger partial charge < -0.3 is 16.4 Å². The highest BCUT2D eigenvalue weighted by atomic mass is 16.1. The number of carbonyl (C=O) groups excluding carboxylic acids is 2. The van der Waals surface area contributed by atoms with Crippen molar-refractivity contribution in [2.75, 3.05) is 18.4 Å². The zero-order valence-corrected chi connectivity index (χ0v) is 27.0. The number of benzene rings is 1. The normalized spacial score (nSPS) is 14.3. The summed E-state index contributed by atoms with van der Waals surface area (Å²) in [4.78, 5) is 24.5. The molecule has 0 heterocycles. The van der Waals surface area contributed by atoms with E-state index in [1.807, 2.05) is 12.1 Å². The first-order chi connectivity index (χ1) is 19.9. The van der Waals surface area contributed by atoms with Crippen LogP contribution in [0.15, 0.2) is 29.5 Å². The van der Waals surface area contributed by atoms with E-state index >= 15 is 0 Å². The predicted octanol–water partition coefficient (Wildman–Crippen LogP) is 9.25. The molecule has 1 fully saturated rings. The lowest BCUT2D eigenvalue weighted by Gasteiger charge is -2.33. The number of hydrogen-bond acceptors (Lipinski definition) is 4. The number of carbonyl (C=O) groups is 2. The predicted molar refractivity (Wildman–Crippen MR) is 175 cm³/mol. The van der Waals surface area contributed by atoms with Gasteiger partial charge in [-0.1, -0.05) is 83.4 Å². The van der Waals surface area contributed by atoms with Crippen molar-refractivity contribution in [3.63, 3.8) is 0 Å². The molecular weight excluding hydrogens is 506 g/mol. The fourth-order valence-corrected chi connectivity index (χ4v) is 6.40. The number of ketones is 1. The second-order valence-corrected chi connectivity index (χ2v) is 12.4. The van der Waals surface area contributed by atoms with Gasteiger partial charge in [0, 0.05) is 29.9 Å². The van der Waals surface area contributed by atoms with Crippen LogP contribution in [0.4, 0.5) is 5.69 Å². The van der Waals surface area contributed by atoms with Gasteiger partial charge in [0.2, 0.25) is 5.91 Å². The molecule has 0 radical (unpaired) electrons. The number of allylic oxidation sites excluding steroid dienone is 2. The Morgan fingerprint density at radius 3 is 2.17 bits per heavy atom. The highest BCUT2D eigenvalue weighted by Crippen LogP contribution is 2.36. The lowest BCUT2D eigenvalue weighted by atomic mass is 9.74. The van der Waals surface area contributed by atoms with Crippen LogP contribution in [0.1, 0.15) is 159 Å². The topological polar surface area (TPSA) is 84.2 Å². The molecule has 0 aliphatic heterocycles. The number of nitrogens with two attached hydrogens (primary N) is 1. The van der Waals surface area contributed by atoms with Crippen molar-refractivity contribution >= 4 is 17.4 Å². The maximum absolute atomic E-state index is 12.4. The Bertz CT molecular complexity index is 948. The third-order valence-electron chi connectivity index (χ3n) is 9.14. The molecule has 1 saturated carbocycles. The molecule has 1 aromatic rings. The summed E-state index contributed by atoms with van der Waals surface area (Å²) in [5.41, 5.74) is 12.5. The Hall–Kier alpha value is -2.14. The second-order valence-electron chi connectivity index (χ2n) is 12.4. The Morgan fingerprint density at radius 1 is 0.854 bits per heavy atom. The van der Waals surface area contributed by atoms with Gasteiger partial charge in [-0.3, -0.25) is 9.59 Å². The summed E-state index contributed by atoms with van der Waals surface area (Å²) >= 11 is 0. The van der Waals surface area contributed by atoms with Crippen molar-refractivity contribution in [1.29, 1.82) is 0 Å². The third-order valence-corrected chi connectivity index (χ3v) is 9.14. The first-order valence-electron chi connectivity index (χ1n) is 17.0. The molecule has 1 aromatic carbocycles. The monoisotopic (exact) mass is 567 g/mol. The molecule has 0 bridgehead atoms. The molecule has 4 N–H and O–H groups in total. The first kappa shape index (κ1) is 35.1. The number of Topliss-reactive ketones (excluding diaryl/α,β-unsaturated/α-hetero) is 1.